The highest BCUT2D eigenvalue weighted by Crippen LogP contribution is 2.48. The summed E-state index contributed by atoms with van der Waals surface area (Å²) in [7, 11) is 6.98. The molecule has 0 amide bonds. The fourth-order valence-electron chi connectivity index (χ4n) is 8.32. The summed E-state index contributed by atoms with van der Waals surface area (Å²) < 4.78 is 36.2. The van der Waals surface area contributed by atoms with Crippen LogP contribution in [-0.4, -0.2) is 115 Å². The van der Waals surface area contributed by atoms with E-state index < -0.39 is 70.9 Å². The quantitative estimate of drug-likeness (QED) is 0.00796. The maximum Gasteiger partial charge on any atom is 0.312 e. The largest absolute Gasteiger partial charge is 0.505 e. The first-order valence-corrected chi connectivity index (χ1v) is 21.7. The number of phenols is 1. The van der Waals surface area contributed by atoms with Gasteiger partial charge in [-0.2, -0.15) is 0 Å². The van der Waals surface area contributed by atoms with E-state index in [4.69, 9.17) is 33.1 Å². The molecule has 0 spiro atoms. The molecule has 9 atom stereocenters. The zero-order valence-electron chi connectivity index (χ0n) is 39.3. The molecule has 16 heteroatoms. The zero-order valence-corrected chi connectivity index (χ0v) is 39.3. The summed E-state index contributed by atoms with van der Waals surface area (Å²) in [6.07, 6.45) is 5.51. The Morgan fingerprint density at radius 1 is 1.03 bits per heavy atom. The van der Waals surface area contributed by atoms with E-state index >= 15 is 0 Å². The molecular weight excluding hydrogens is 839 g/mol. The number of aromatic nitrogens is 1. The number of esters is 1. The molecule has 2 heterocycles. The lowest BCUT2D eigenvalue weighted by Crippen LogP contribution is -2.46. The van der Waals surface area contributed by atoms with Gasteiger partial charge in [0.1, 0.15) is 40.6 Å². The maximum absolute atomic E-state index is 14.6. The van der Waals surface area contributed by atoms with Gasteiger partial charge in [0, 0.05) is 75.2 Å². The Morgan fingerprint density at radius 3 is 2.37 bits per heavy atom. The van der Waals surface area contributed by atoms with Gasteiger partial charge in [-0.15, -0.1) is 0 Å². The predicted molar refractivity (Wildman–Crippen MR) is 247 cm³/mol. The number of hydrogen-bond donors (Lipinski definition) is 4. The van der Waals surface area contributed by atoms with E-state index in [9.17, 15) is 34.5 Å². The predicted octanol–water partition coefficient (Wildman–Crippen LogP) is 6.62. The Labute approximate surface area is 378 Å². The SMILES string of the molecule is CNc1c(O)c2c(=O)c(C)c3c(c2c2nc4ccc(OCCCN(C)C)cc4oc12)C(=O)[C@@](C)(O/C=C/[C@H](OC)[C@@H](C)[C@@H](OC(C)=O)[C@H](C)[C@H](O)[C@H](C)[C@@H](O)[C@@H](C)/C=C/C=C(/C)C=O)O3. The van der Waals surface area contributed by atoms with Gasteiger partial charge in [0.15, 0.2) is 22.3 Å². The van der Waals surface area contributed by atoms with Crippen molar-refractivity contribution in [3.8, 4) is 17.2 Å². The molecule has 0 unspecified atom stereocenters. The number of aromatic hydroxyl groups is 1. The first-order valence-electron chi connectivity index (χ1n) is 21.7. The monoisotopic (exact) mass is 901 g/mol. The average molecular weight is 902 g/mol. The number of methoxy groups -OCH3 is 1. The van der Waals surface area contributed by atoms with Crippen LogP contribution in [0.2, 0.25) is 0 Å². The molecule has 352 valence electrons. The normalized spacial score (nSPS) is 19.2. The van der Waals surface area contributed by atoms with E-state index in [1.54, 1.807) is 78.1 Å². The van der Waals surface area contributed by atoms with Crippen molar-refractivity contribution < 1.29 is 57.8 Å². The summed E-state index contributed by atoms with van der Waals surface area (Å²) in [6.45, 7) is 14.1. The van der Waals surface area contributed by atoms with Crippen LogP contribution in [-0.2, 0) is 23.8 Å². The number of carbonyl (C=O) groups excluding carboxylic acids is 3. The van der Waals surface area contributed by atoms with Gasteiger partial charge in [0.25, 0.3) is 5.78 Å². The molecule has 0 radical (unpaired) electrons. The van der Waals surface area contributed by atoms with Gasteiger partial charge >= 0.3 is 11.8 Å². The first-order chi connectivity index (χ1) is 30.7. The van der Waals surface area contributed by atoms with Crippen molar-refractivity contribution in [2.45, 2.75) is 92.0 Å². The molecule has 5 rings (SSSR count). The van der Waals surface area contributed by atoms with Gasteiger partial charge in [-0.25, -0.2) is 4.98 Å². The molecule has 16 nitrogen and oxygen atoms in total. The van der Waals surface area contributed by atoms with Crippen molar-refractivity contribution in [3.05, 3.63) is 75.7 Å². The van der Waals surface area contributed by atoms with Gasteiger partial charge in [-0.1, -0.05) is 45.9 Å². The van der Waals surface area contributed by atoms with E-state index in [0.717, 1.165) is 19.3 Å². The van der Waals surface area contributed by atoms with Crippen LogP contribution in [0, 0.1) is 30.6 Å². The molecule has 65 heavy (non-hydrogen) atoms. The van der Waals surface area contributed by atoms with Crippen LogP contribution in [0.3, 0.4) is 0 Å². The Morgan fingerprint density at radius 2 is 1.74 bits per heavy atom. The fraction of sp³-hybridized carbons (Fsp3) is 0.490. The second kappa shape index (κ2) is 21.0. The second-order valence-electron chi connectivity index (χ2n) is 17.3. The summed E-state index contributed by atoms with van der Waals surface area (Å²) in [6, 6.07) is 5.16. The number of ether oxygens (including phenoxy) is 5. The van der Waals surface area contributed by atoms with Gasteiger partial charge in [-0.3, -0.25) is 19.2 Å². The number of aliphatic hydroxyl groups excluding tert-OH is 2. The lowest BCUT2D eigenvalue weighted by Gasteiger charge is -2.38. The van der Waals surface area contributed by atoms with E-state index in [0.29, 0.717) is 29.0 Å². The number of nitrogens with zero attached hydrogens (tertiary/aromatic N) is 2. The number of carbonyl (C=O) groups is 3. The topological polar surface area (TPSA) is 216 Å². The molecule has 3 aromatic carbocycles. The van der Waals surface area contributed by atoms with E-state index in [-0.39, 0.29) is 50.4 Å². The maximum atomic E-state index is 14.6. The molecule has 0 saturated carbocycles. The third-order valence-electron chi connectivity index (χ3n) is 12.2. The highest BCUT2D eigenvalue weighted by Gasteiger charge is 2.49. The van der Waals surface area contributed by atoms with Crippen molar-refractivity contribution >= 4 is 56.7 Å². The molecule has 0 bridgehead atoms. The number of ketones is 1. The first kappa shape index (κ1) is 50.2. The smallest absolute Gasteiger partial charge is 0.312 e. The second-order valence-corrected chi connectivity index (χ2v) is 17.3. The fourth-order valence-corrected chi connectivity index (χ4v) is 8.32. The van der Waals surface area contributed by atoms with Gasteiger partial charge in [0.05, 0.1) is 42.1 Å². The van der Waals surface area contributed by atoms with Crippen molar-refractivity contribution in [2.75, 3.05) is 46.7 Å². The number of aldehydes is 1. The van der Waals surface area contributed by atoms with E-state index in [1.165, 1.54) is 40.2 Å². The summed E-state index contributed by atoms with van der Waals surface area (Å²) in [5.41, 5.74) is 1.06. The Bertz CT molecular complexity index is 2560. The highest BCUT2D eigenvalue weighted by molar-refractivity contribution is 6.25. The summed E-state index contributed by atoms with van der Waals surface area (Å²) >= 11 is 0. The molecular formula is C49H63N3O13. The molecule has 4 N–H and O–H groups in total. The third kappa shape index (κ3) is 10.5. The summed E-state index contributed by atoms with van der Waals surface area (Å²) in [5.74, 6) is -5.49. The van der Waals surface area contributed by atoms with Crippen molar-refractivity contribution in [1.82, 2.24) is 9.88 Å². The van der Waals surface area contributed by atoms with Gasteiger partial charge in [-0.05, 0) is 58.1 Å². The van der Waals surface area contributed by atoms with E-state index in [2.05, 4.69) is 10.2 Å². The number of anilines is 1. The highest BCUT2D eigenvalue weighted by atomic mass is 16.7. The van der Waals surface area contributed by atoms with Crippen LogP contribution in [0.4, 0.5) is 5.69 Å². The van der Waals surface area contributed by atoms with Crippen LogP contribution < -0.4 is 20.2 Å². The average Bonchev–Trinajstić information content (AvgIpc) is 3.54. The van der Waals surface area contributed by atoms with Crippen LogP contribution in [0.5, 0.6) is 17.2 Å². The summed E-state index contributed by atoms with van der Waals surface area (Å²) in [4.78, 5) is 58.9. The molecule has 0 aliphatic carbocycles. The minimum absolute atomic E-state index is 0.0260. The number of Topliss-reactive ketones (excluding diaryl/α,β-unsaturated/α-hetero) is 1. The molecule has 1 aliphatic heterocycles. The number of nitrogens with one attached hydrogen (secondary N) is 1. The van der Waals surface area contributed by atoms with Crippen LogP contribution in [0.1, 0.15) is 70.8 Å². The molecule has 1 aromatic heterocycles. The number of phenolic OH excluding ortho intramolecular Hbond substituents is 1. The number of rotatable bonds is 21. The molecule has 4 aromatic rings. The molecule has 0 fully saturated rings. The zero-order chi connectivity index (χ0) is 48.1. The number of aliphatic hydroxyl groups is 2. The Hall–Kier alpha value is -5.81. The summed E-state index contributed by atoms with van der Waals surface area (Å²) in [5, 5.41) is 37.1. The minimum atomic E-state index is -2.00. The van der Waals surface area contributed by atoms with Crippen molar-refractivity contribution in [2.24, 2.45) is 23.7 Å². The number of benzene rings is 3. The van der Waals surface area contributed by atoms with Crippen LogP contribution >= 0.6 is 0 Å². The molecule has 1 aliphatic rings. The standard InChI is InChI=1S/C49H63N3O13/c1-25(24-53)15-13-16-26(2)41(55)28(4)42(56)29(5)45(63-31(7)54)27(3)34(60-12)19-22-62-49(8)48(59)38-36-37(43(57)30(6)46(38)65-49)44(58)40(50-9)47-39(36)51-33-18-17-32(23-35(33)64-47)61-21-14-20-52(10)11/h13,15-19,22-24,26-29,34,41-42,45,50,55-56,58H,14,20-21H2,1-12H3/b16-13+,22-19+,25-15-/t26-,27+,28+,29+,34-,41-,42+,45+,49-/m0/s1. The lowest BCUT2D eigenvalue weighted by atomic mass is 9.78. The van der Waals surface area contributed by atoms with E-state index in [1.807, 2.05) is 14.1 Å². The van der Waals surface area contributed by atoms with Gasteiger partial charge < -0.3 is 53.6 Å². The Balaban J connectivity index is 1.45. The number of fused-ring (bicyclic) bond motifs is 6. The van der Waals surface area contributed by atoms with Crippen LogP contribution in [0.25, 0.3) is 33.0 Å². The number of hydrogen-bond acceptors (Lipinski definition) is 16. The van der Waals surface area contributed by atoms with Gasteiger partial charge in [0.2, 0.25) is 0 Å². The minimum Gasteiger partial charge on any atom is -0.505 e. The lowest BCUT2D eigenvalue weighted by molar-refractivity contribution is -0.160. The van der Waals surface area contributed by atoms with Crippen LogP contribution in [0.15, 0.2) is 63.6 Å². The third-order valence-corrected chi connectivity index (χ3v) is 12.2. The number of allylic oxidation sites excluding steroid dienone is 3. The van der Waals surface area contributed by atoms with Crippen molar-refractivity contribution in [3.63, 3.8) is 0 Å². The Kier molecular flexibility index (Phi) is 16.2. The van der Waals surface area contributed by atoms with Crippen molar-refractivity contribution in [1.29, 1.82) is 0 Å². The molecule has 0 saturated heterocycles.